The molecule has 0 saturated carbocycles. The van der Waals surface area contributed by atoms with Crippen molar-refractivity contribution < 1.29 is 9.53 Å². The zero-order valence-electron chi connectivity index (χ0n) is 16.9. The Kier molecular flexibility index (Phi) is 7.95. The van der Waals surface area contributed by atoms with E-state index in [9.17, 15) is 4.79 Å². The highest BCUT2D eigenvalue weighted by Crippen LogP contribution is 2.16. The van der Waals surface area contributed by atoms with E-state index in [4.69, 9.17) is 4.74 Å². The minimum Gasteiger partial charge on any atom is -0.379 e. The topological polar surface area (TPSA) is 41.6 Å². The molecule has 0 spiro atoms. The van der Waals surface area contributed by atoms with Crippen molar-refractivity contribution in [2.45, 2.75) is 32.7 Å². The van der Waals surface area contributed by atoms with Gasteiger partial charge < -0.3 is 10.1 Å². The van der Waals surface area contributed by atoms with Crippen molar-refractivity contribution in [3.05, 3.63) is 70.3 Å². The van der Waals surface area contributed by atoms with Crippen LogP contribution in [0.5, 0.6) is 0 Å². The molecule has 0 aromatic heterocycles. The molecule has 3 rings (SSSR count). The fraction of sp³-hybridized carbons (Fsp3) is 0.435. The summed E-state index contributed by atoms with van der Waals surface area (Å²) in [6, 6.07) is 15.1. The van der Waals surface area contributed by atoms with Crippen LogP contribution in [0, 0.1) is 13.8 Å². The van der Waals surface area contributed by atoms with Gasteiger partial charge >= 0.3 is 0 Å². The fourth-order valence-corrected chi connectivity index (χ4v) is 4.31. The number of carbonyl (C=O) groups excluding carboxylic acids is 1. The Labute approximate surface area is 172 Å². The van der Waals surface area contributed by atoms with Gasteiger partial charge in [-0.25, -0.2) is 0 Å². The van der Waals surface area contributed by atoms with Gasteiger partial charge in [0, 0.05) is 31.9 Å². The molecule has 2 aromatic carbocycles. The van der Waals surface area contributed by atoms with E-state index >= 15 is 0 Å². The molecule has 2 aromatic rings. The molecule has 1 aliphatic heterocycles. The summed E-state index contributed by atoms with van der Waals surface area (Å²) in [5.74, 6) is 1.44. The van der Waals surface area contributed by atoms with Crippen LogP contribution in [-0.2, 0) is 28.4 Å². The average molecular weight is 399 g/mol. The smallest absolute Gasteiger partial charge is 0.230 e. The molecule has 1 N–H and O–H groups in total. The second-order valence-electron chi connectivity index (χ2n) is 7.47. The summed E-state index contributed by atoms with van der Waals surface area (Å²) in [6.45, 7) is 9.35. The lowest BCUT2D eigenvalue weighted by Crippen LogP contribution is -2.35. The van der Waals surface area contributed by atoms with Crippen molar-refractivity contribution in [1.29, 1.82) is 0 Å². The average Bonchev–Trinajstić information content (AvgIpc) is 2.67. The molecule has 0 radical (unpaired) electrons. The molecule has 4 nitrogen and oxygen atoms in total. The van der Waals surface area contributed by atoms with Gasteiger partial charge in [-0.3, -0.25) is 9.69 Å². The number of rotatable bonds is 8. The lowest BCUT2D eigenvalue weighted by Gasteiger charge is -2.26. The van der Waals surface area contributed by atoms with Gasteiger partial charge in [0.25, 0.3) is 0 Å². The van der Waals surface area contributed by atoms with Crippen LogP contribution in [0.3, 0.4) is 0 Å². The van der Waals surface area contributed by atoms with Crippen LogP contribution in [0.4, 0.5) is 0 Å². The number of hydrogen-bond acceptors (Lipinski definition) is 4. The second-order valence-corrected chi connectivity index (χ2v) is 8.46. The molecule has 150 valence electrons. The van der Waals surface area contributed by atoms with Gasteiger partial charge in [0.1, 0.15) is 0 Å². The van der Waals surface area contributed by atoms with E-state index in [1.807, 2.05) is 0 Å². The molecule has 28 heavy (non-hydrogen) atoms. The Morgan fingerprint density at radius 2 is 1.75 bits per heavy atom. The number of morpholine rings is 1. The molecule has 1 saturated heterocycles. The number of nitrogens with one attached hydrogen (secondary N) is 1. The Hall–Kier alpha value is -1.82. The second kappa shape index (κ2) is 10.6. The zero-order chi connectivity index (χ0) is 19.8. The number of hydrogen-bond donors (Lipinski definition) is 1. The molecule has 1 heterocycles. The SMILES string of the molecule is Cc1cc(C)cc(CSCC(=O)NCc2cccc(CN3CCOCC3)c2)c1. The third-order valence-corrected chi connectivity index (χ3v) is 5.78. The summed E-state index contributed by atoms with van der Waals surface area (Å²) in [7, 11) is 0. The van der Waals surface area contributed by atoms with E-state index in [0.29, 0.717) is 12.3 Å². The van der Waals surface area contributed by atoms with Crippen molar-refractivity contribution in [2.75, 3.05) is 32.1 Å². The van der Waals surface area contributed by atoms with Gasteiger partial charge in [-0.05, 0) is 30.5 Å². The molecule has 0 unspecified atom stereocenters. The van der Waals surface area contributed by atoms with E-state index < -0.39 is 0 Å². The molecule has 0 aliphatic carbocycles. The lowest BCUT2D eigenvalue weighted by atomic mass is 10.1. The predicted molar refractivity (Wildman–Crippen MR) is 116 cm³/mol. The predicted octanol–water partition coefficient (Wildman–Crippen LogP) is 3.69. The van der Waals surface area contributed by atoms with Crippen LogP contribution < -0.4 is 5.32 Å². The summed E-state index contributed by atoms with van der Waals surface area (Å²) in [6.07, 6.45) is 0. The number of amides is 1. The first-order chi connectivity index (χ1) is 13.6. The van der Waals surface area contributed by atoms with Gasteiger partial charge in [0.2, 0.25) is 5.91 Å². The molecule has 5 heteroatoms. The van der Waals surface area contributed by atoms with E-state index in [2.05, 4.69) is 66.5 Å². The summed E-state index contributed by atoms with van der Waals surface area (Å²) < 4.78 is 5.41. The summed E-state index contributed by atoms with van der Waals surface area (Å²) >= 11 is 1.66. The first kappa shape index (κ1) is 20.9. The van der Waals surface area contributed by atoms with Crippen LogP contribution in [0.25, 0.3) is 0 Å². The van der Waals surface area contributed by atoms with Crippen molar-refractivity contribution >= 4 is 17.7 Å². The third-order valence-electron chi connectivity index (χ3n) is 4.77. The number of nitrogens with zero attached hydrogens (tertiary/aromatic N) is 1. The minimum absolute atomic E-state index is 0.0907. The first-order valence-electron chi connectivity index (χ1n) is 9.88. The maximum absolute atomic E-state index is 12.2. The van der Waals surface area contributed by atoms with Gasteiger partial charge in [-0.15, -0.1) is 11.8 Å². The number of carbonyl (C=O) groups is 1. The van der Waals surface area contributed by atoms with Crippen LogP contribution in [0.15, 0.2) is 42.5 Å². The maximum Gasteiger partial charge on any atom is 0.230 e. The fourth-order valence-electron chi connectivity index (χ4n) is 3.52. The van der Waals surface area contributed by atoms with Crippen LogP contribution in [-0.4, -0.2) is 42.9 Å². The van der Waals surface area contributed by atoms with E-state index in [-0.39, 0.29) is 5.91 Å². The highest BCUT2D eigenvalue weighted by atomic mass is 32.2. The van der Waals surface area contributed by atoms with Crippen molar-refractivity contribution in [2.24, 2.45) is 0 Å². The largest absolute Gasteiger partial charge is 0.379 e. The van der Waals surface area contributed by atoms with Gasteiger partial charge in [0.15, 0.2) is 0 Å². The summed E-state index contributed by atoms with van der Waals surface area (Å²) in [5, 5.41) is 3.05. The Balaban J connectivity index is 1.40. The first-order valence-corrected chi connectivity index (χ1v) is 11.0. The van der Waals surface area contributed by atoms with Crippen LogP contribution in [0.1, 0.15) is 27.8 Å². The zero-order valence-corrected chi connectivity index (χ0v) is 17.7. The quantitative estimate of drug-likeness (QED) is 0.736. The van der Waals surface area contributed by atoms with Crippen molar-refractivity contribution in [3.63, 3.8) is 0 Å². The molecule has 1 aliphatic rings. The molecular weight excluding hydrogens is 368 g/mol. The van der Waals surface area contributed by atoms with Crippen LogP contribution >= 0.6 is 11.8 Å². The van der Waals surface area contributed by atoms with E-state index in [1.165, 1.54) is 22.3 Å². The standard InChI is InChI=1S/C23H30N2O2S/c1-18-10-19(2)12-22(11-18)16-28-17-23(26)24-14-20-4-3-5-21(13-20)15-25-6-8-27-9-7-25/h3-5,10-13H,6-9,14-17H2,1-2H3,(H,24,26). The summed E-state index contributed by atoms with van der Waals surface area (Å²) in [4.78, 5) is 14.6. The third kappa shape index (κ3) is 6.97. The highest BCUT2D eigenvalue weighted by Gasteiger charge is 2.11. The van der Waals surface area contributed by atoms with Crippen LogP contribution in [0.2, 0.25) is 0 Å². The number of ether oxygens (including phenoxy) is 1. The molecule has 1 amide bonds. The van der Waals surface area contributed by atoms with E-state index in [1.54, 1.807) is 11.8 Å². The number of thioether (sulfide) groups is 1. The molecular formula is C23H30N2O2S. The van der Waals surface area contributed by atoms with Gasteiger partial charge in [-0.2, -0.15) is 0 Å². The Morgan fingerprint density at radius 3 is 2.50 bits per heavy atom. The number of aryl methyl sites for hydroxylation is 2. The molecule has 0 bridgehead atoms. The minimum atomic E-state index is 0.0907. The summed E-state index contributed by atoms with van der Waals surface area (Å²) in [5.41, 5.74) is 6.27. The van der Waals surface area contributed by atoms with Gasteiger partial charge in [0.05, 0.1) is 19.0 Å². The Morgan fingerprint density at radius 1 is 1.04 bits per heavy atom. The molecule has 0 atom stereocenters. The van der Waals surface area contributed by atoms with Gasteiger partial charge in [-0.1, -0.05) is 53.6 Å². The van der Waals surface area contributed by atoms with Crippen molar-refractivity contribution in [3.8, 4) is 0 Å². The monoisotopic (exact) mass is 398 g/mol. The number of benzene rings is 2. The van der Waals surface area contributed by atoms with E-state index in [0.717, 1.165) is 44.2 Å². The normalized spacial score (nSPS) is 14.8. The highest BCUT2D eigenvalue weighted by molar-refractivity contribution is 7.99. The molecule has 1 fully saturated rings. The Bertz CT molecular complexity index is 768. The van der Waals surface area contributed by atoms with Crippen molar-refractivity contribution in [1.82, 2.24) is 10.2 Å². The maximum atomic E-state index is 12.2. The lowest BCUT2D eigenvalue weighted by molar-refractivity contribution is -0.118.